The Morgan fingerprint density at radius 2 is 1.50 bits per heavy atom. The molecule has 166 valence electrons. The Kier molecular flexibility index (Phi) is 6.16. The largest absolute Gasteiger partial charge is 0.482 e. The summed E-state index contributed by atoms with van der Waals surface area (Å²) in [7, 11) is -2.13. The topological polar surface area (TPSA) is 84.9 Å². The summed E-state index contributed by atoms with van der Waals surface area (Å²) in [4.78, 5) is 12.9. The molecule has 0 aliphatic carbocycles. The molecule has 1 aliphatic rings. The number of anilines is 1. The van der Waals surface area contributed by atoms with Crippen LogP contribution in [0.5, 0.6) is 11.5 Å². The van der Waals surface area contributed by atoms with E-state index < -0.39 is 22.2 Å². The molecule has 3 aromatic rings. The Hall–Kier alpha value is -3.36. The summed E-state index contributed by atoms with van der Waals surface area (Å²) in [6, 6.07) is 22.6. The fourth-order valence-corrected chi connectivity index (χ4v) is 4.59. The normalized spacial score (nSPS) is 17.7. The maximum atomic E-state index is 12.9. The highest BCUT2D eigenvalue weighted by Gasteiger charge is 2.34. The molecule has 0 bridgehead atoms. The number of carbonyl (C=O) groups excluding carboxylic acids is 1. The third kappa shape index (κ3) is 4.61. The van der Waals surface area contributed by atoms with Crippen LogP contribution in [0, 0.1) is 0 Å². The lowest BCUT2D eigenvalue weighted by Crippen LogP contribution is -2.46. The number of ether oxygens (including phenoxy) is 2. The smallest absolute Gasteiger partial charge is 0.269 e. The predicted octanol–water partition coefficient (Wildman–Crippen LogP) is 3.67. The van der Waals surface area contributed by atoms with Gasteiger partial charge in [0, 0.05) is 19.3 Å². The van der Waals surface area contributed by atoms with Crippen LogP contribution in [0.3, 0.4) is 0 Å². The minimum absolute atomic E-state index is 0.147. The molecule has 8 heteroatoms. The van der Waals surface area contributed by atoms with Crippen molar-refractivity contribution in [2.24, 2.45) is 0 Å². The molecule has 0 saturated carbocycles. The van der Waals surface area contributed by atoms with Gasteiger partial charge in [-0.15, -0.1) is 0 Å². The highest BCUT2D eigenvalue weighted by atomic mass is 32.2. The van der Waals surface area contributed by atoms with Gasteiger partial charge in [-0.25, -0.2) is 8.42 Å². The van der Waals surface area contributed by atoms with Crippen LogP contribution in [0.4, 0.5) is 5.69 Å². The molecule has 1 amide bonds. The Morgan fingerprint density at radius 1 is 0.906 bits per heavy atom. The van der Waals surface area contributed by atoms with Gasteiger partial charge in [-0.2, -0.15) is 4.31 Å². The molecule has 1 aliphatic heterocycles. The summed E-state index contributed by atoms with van der Waals surface area (Å²) in [6.07, 6.45) is -1.30. The van der Waals surface area contributed by atoms with Crippen LogP contribution < -0.4 is 14.8 Å². The minimum atomic E-state index is -3.67. The molecule has 0 spiro atoms. The van der Waals surface area contributed by atoms with Crippen molar-refractivity contribution in [1.29, 1.82) is 0 Å². The number of sulfonamides is 1. The molecule has 0 radical (unpaired) electrons. The molecule has 7 nitrogen and oxygen atoms in total. The summed E-state index contributed by atoms with van der Waals surface area (Å²) >= 11 is 0. The van der Waals surface area contributed by atoms with Crippen LogP contribution in [0.15, 0.2) is 83.8 Å². The van der Waals surface area contributed by atoms with Gasteiger partial charge in [0.2, 0.25) is 16.1 Å². The number of carbonyl (C=O) groups is 1. The highest BCUT2D eigenvalue weighted by Crippen LogP contribution is 2.33. The molecule has 1 heterocycles. The number of hydrogen-bond acceptors (Lipinski definition) is 5. The van der Waals surface area contributed by atoms with Crippen LogP contribution in [-0.2, 0) is 21.4 Å². The molecular formula is C24H24N2O5S. The van der Waals surface area contributed by atoms with Gasteiger partial charge >= 0.3 is 0 Å². The number of nitrogens with zero attached hydrogens (tertiary/aromatic N) is 1. The Labute approximate surface area is 187 Å². The van der Waals surface area contributed by atoms with Gasteiger partial charge < -0.3 is 14.8 Å². The molecule has 4 rings (SSSR count). The molecule has 1 N–H and O–H groups in total. The SMILES string of the molecule is CC1Oc2ccccc2OC1C(=O)Nc1ccc(S(=O)(=O)N(C)Cc2ccccc2)cc1. The number of rotatable bonds is 6. The lowest BCUT2D eigenvalue weighted by molar-refractivity contribution is -0.128. The number of fused-ring (bicyclic) bond motifs is 1. The summed E-state index contributed by atoms with van der Waals surface area (Å²) in [5, 5.41) is 2.77. The Balaban J connectivity index is 1.43. The van der Waals surface area contributed by atoms with Crippen molar-refractivity contribution in [2.75, 3.05) is 12.4 Å². The first kappa shape index (κ1) is 21.9. The average Bonchev–Trinajstić information content (AvgIpc) is 2.79. The second-order valence-corrected chi connectivity index (χ2v) is 9.61. The number of benzene rings is 3. The van der Waals surface area contributed by atoms with Gasteiger partial charge in [-0.05, 0) is 48.9 Å². The molecular weight excluding hydrogens is 428 g/mol. The zero-order chi connectivity index (χ0) is 22.7. The maximum absolute atomic E-state index is 12.9. The molecule has 2 unspecified atom stereocenters. The van der Waals surface area contributed by atoms with Crippen molar-refractivity contribution < 1.29 is 22.7 Å². The van der Waals surface area contributed by atoms with E-state index in [0.29, 0.717) is 17.2 Å². The number of para-hydroxylation sites is 2. The van der Waals surface area contributed by atoms with Crippen LogP contribution in [0.25, 0.3) is 0 Å². The lowest BCUT2D eigenvalue weighted by Gasteiger charge is -2.31. The van der Waals surface area contributed by atoms with Crippen LogP contribution in [0.1, 0.15) is 12.5 Å². The second-order valence-electron chi connectivity index (χ2n) is 7.57. The highest BCUT2D eigenvalue weighted by molar-refractivity contribution is 7.89. The van der Waals surface area contributed by atoms with Crippen molar-refractivity contribution in [3.8, 4) is 11.5 Å². The van der Waals surface area contributed by atoms with Crippen LogP contribution >= 0.6 is 0 Å². The van der Waals surface area contributed by atoms with E-state index in [1.165, 1.54) is 23.5 Å². The van der Waals surface area contributed by atoms with E-state index >= 15 is 0 Å². The summed E-state index contributed by atoms with van der Waals surface area (Å²) in [6.45, 7) is 2.03. The summed E-state index contributed by atoms with van der Waals surface area (Å²) in [5.41, 5.74) is 1.36. The molecule has 32 heavy (non-hydrogen) atoms. The van der Waals surface area contributed by atoms with E-state index in [1.54, 1.807) is 37.3 Å². The van der Waals surface area contributed by atoms with Crippen molar-refractivity contribution in [3.63, 3.8) is 0 Å². The van der Waals surface area contributed by atoms with Crippen molar-refractivity contribution in [2.45, 2.75) is 30.6 Å². The molecule has 0 saturated heterocycles. The zero-order valence-electron chi connectivity index (χ0n) is 17.8. The molecule has 0 fully saturated rings. The predicted molar refractivity (Wildman–Crippen MR) is 121 cm³/mol. The standard InChI is InChI=1S/C24H24N2O5S/c1-17-23(31-22-11-7-6-10-21(22)30-17)24(27)25-19-12-14-20(15-13-19)32(28,29)26(2)16-18-8-4-3-5-9-18/h3-15,17,23H,16H2,1-2H3,(H,25,27). The van der Waals surface area contributed by atoms with E-state index in [2.05, 4.69) is 5.32 Å². The van der Waals surface area contributed by atoms with Gasteiger partial charge in [-0.1, -0.05) is 42.5 Å². The first-order valence-electron chi connectivity index (χ1n) is 10.2. The fourth-order valence-electron chi connectivity index (χ4n) is 3.44. The van der Waals surface area contributed by atoms with Crippen LogP contribution in [0.2, 0.25) is 0 Å². The quantitative estimate of drug-likeness (QED) is 0.617. The first-order chi connectivity index (χ1) is 15.3. The second kappa shape index (κ2) is 9.02. The number of hydrogen-bond donors (Lipinski definition) is 1. The lowest BCUT2D eigenvalue weighted by atomic mass is 10.1. The van der Waals surface area contributed by atoms with E-state index in [1.807, 2.05) is 36.4 Å². The third-order valence-electron chi connectivity index (χ3n) is 5.18. The van der Waals surface area contributed by atoms with Gasteiger partial charge in [0.25, 0.3) is 5.91 Å². The Morgan fingerprint density at radius 3 is 2.16 bits per heavy atom. The number of amides is 1. The summed E-state index contributed by atoms with van der Waals surface area (Å²) < 4.78 is 38.6. The number of nitrogens with one attached hydrogen (secondary N) is 1. The van der Waals surface area contributed by atoms with E-state index in [0.717, 1.165) is 5.56 Å². The van der Waals surface area contributed by atoms with Crippen molar-refractivity contribution >= 4 is 21.6 Å². The first-order valence-corrected chi connectivity index (χ1v) is 11.6. The van der Waals surface area contributed by atoms with E-state index in [4.69, 9.17) is 9.47 Å². The third-order valence-corrected chi connectivity index (χ3v) is 7.00. The zero-order valence-corrected chi connectivity index (χ0v) is 18.6. The van der Waals surface area contributed by atoms with Crippen LogP contribution in [-0.4, -0.2) is 37.9 Å². The van der Waals surface area contributed by atoms with Gasteiger partial charge in [0.15, 0.2) is 11.5 Å². The minimum Gasteiger partial charge on any atom is -0.482 e. The maximum Gasteiger partial charge on any atom is 0.269 e. The van der Waals surface area contributed by atoms with E-state index in [-0.39, 0.29) is 17.3 Å². The van der Waals surface area contributed by atoms with E-state index in [9.17, 15) is 13.2 Å². The van der Waals surface area contributed by atoms with Gasteiger partial charge in [0.05, 0.1) is 4.90 Å². The molecule has 2 atom stereocenters. The Bertz CT molecular complexity index is 1200. The average molecular weight is 453 g/mol. The molecule has 0 aromatic heterocycles. The van der Waals surface area contributed by atoms with Gasteiger partial charge in [0.1, 0.15) is 6.10 Å². The van der Waals surface area contributed by atoms with Gasteiger partial charge in [-0.3, -0.25) is 4.79 Å². The van der Waals surface area contributed by atoms with Crippen molar-refractivity contribution in [3.05, 3.63) is 84.4 Å². The van der Waals surface area contributed by atoms with Crippen molar-refractivity contribution in [1.82, 2.24) is 4.31 Å². The summed E-state index contributed by atoms with van der Waals surface area (Å²) in [5.74, 6) is 0.732. The monoisotopic (exact) mass is 452 g/mol. The molecule has 3 aromatic carbocycles. The fraction of sp³-hybridized carbons (Fsp3) is 0.208.